The van der Waals surface area contributed by atoms with Crippen molar-refractivity contribution >= 4 is 22.5 Å². The topological polar surface area (TPSA) is 69.8 Å². The normalized spacial score (nSPS) is 17.8. The monoisotopic (exact) mass is 320 g/mol. The van der Waals surface area contributed by atoms with E-state index in [1.165, 1.54) is 18.4 Å². The minimum atomic E-state index is -0.223. The van der Waals surface area contributed by atoms with Gasteiger partial charge in [0.15, 0.2) is 0 Å². The van der Waals surface area contributed by atoms with Crippen molar-refractivity contribution in [2.75, 3.05) is 18.4 Å². The fourth-order valence-electron chi connectivity index (χ4n) is 3.30. The van der Waals surface area contributed by atoms with Crippen molar-refractivity contribution in [2.24, 2.45) is 0 Å². The highest BCUT2D eigenvalue weighted by atomic mass is 16.1. The third kappa shape index (κ3) is 3.03. The van der Waals surface area contributed by atoms with Crippen molar-refractivity contribution < 1.29 is 0 Å². The Morgan fingerprint density at radius 3 is 2.92 bits per heavy atom. The minimum Gasteiger partial charge on any atom is -0.326 e. The van der Waals surface area contributed by atoms with E-state index in [-0.39, 0.29) is 5.56 Å². The number of aromatic amines is 1. The summed E-state index contributed by atoms with van der Waals surface area (Å²) in [5, 5.41) is 7.28. The van der Waals surface area contributed by atoms with E-state index >= 15 is 0 Å². The third-order valence-corrected chi connectivity index (χ3v) is 4.54. The first kappa shape index (κ1) is 14.9. The molecule has 0 amide bonds. The zero-order valence-electron chi connectivity index (χ0n) is 13.4. The largest absolute Gasteiger partial charge is 0.326 e. The molecule has 1 aromatic heterocycles. The number of aromatic nitrogens is 2. The van der Waals surface area contributed by atoms with Gasteiger partial charge in [-0.05, 0) is 55.1 Å². The van der Waals surface area contributed by atoms with Crippen LogP contribution >= 0.6 is 0 Å². The average molecular weight is 320 g/mol. The number of hydrogen-bond donors (Lipinski definition) is 3. The van der Waals surface area contributed by atoms with Gasteiger partial charge in [0.2, 0.25) is 5.95 Å². The maximum absolute atomic E-state index is 12.1. The van der Waals surface area contributed by atoms with Gasteiger partial charge in [0, 0.05) is 12.2 Å². The second-order valence-electron chi connectivity index (χ2n) is 6.23. The number of fused-ring (bicyclic) bond motifs is 1. The lowest BCUT2D eigenvalue weighted by molar-refractivity contribution is 0.462. The van der Waals surface area contributed by atoms with Crippen LogP contribution in [0.3, 0.4) is 0 Å². The molecule has 1 aliphatic heterocycles. The molecule has 1 atom stereocenters. The zero-order chi connectivity index (χ0) is 16.4. The van der Waals surface area contributed by atoms with E-state index in [9.17, 15) is 4.79 Å². The first-order valence-corrected chi connectivity index (χ1v) is 8.36. The van der Waals surface area contributed by atoms with E-state index in [0.29, 0.717) is 17.3 Å². The molecule has 122 valence electrons. The van der Waals surface area contributed by atoms with Crippen molar-refractivity contribution in [2.45, 2.75) is 18.8 Å². The number of H-pyrrole nitrogens is 1. The van der Waals surface area contributed by atoms with Crippen LogP contribution in [0.2, 0.25) is 0 Å². The van der Waals surface area contributed by atoms with Gasteiger partial charge < -0.3 is 15.6 Å². The number of piperidine rings is 1. The van der Waals surface area contributed by atoms with Crippen molar-refractivity contribution in [3.63, 3.8) is 0 Å². The molecule has 2 aromatic carbocycles. The van der Waals surface area contributed by atoms with Gasteiger partial charge in [-0.25, -0.2) is 0 Å². The number of hydrogen-bond acceptors (Lipinski definition) is 4. The van der Waals surface area contributed by atoms with Crippen molar-refractivity contribution in [1.82, 2.24) is 15.3 Å². The SMILES string of the molecule is O=c1nc(Nc2cccc(C3CCCNC3)c2)[nH]c2ccccc12. The molecule has 0 saturated carbocycles. The molecule has 0 radical (unpaired) electrons. The van der Waals surface area contributed by atoms with Gasteiger partial charge in [0.1, 0.15) is 0 Å². The van der Waals surface area contributed by atoms with E-state index in [1.54, 1.807) is 6.07 Å². The highest BCUT2D eigenvalue weighted by Gasteiger charge is 2.15. The Morgan fingerprint density at radius 1 is 1.12 bits per heavy atom. The lowest BCUT2D eigenvalue weighted by atomic mass is 9.91. The highest BCUT2D eigenvalue weighted by Crippen LogP contribution is 2.26. The van der Waals surface area contributed by atoms with Gasteiger partial charge in [-0.2, -0.15) is 4.98 Å². The van der Waals surface area contributed by atoms with Crippen molar-refractivity contribution in [1.29, 1.82) is 0 Å². The molecule has 0 spiro atoms. The smallest absolute Gasteiger partial charge is 0.282 e. The number of nitrogens with one attached hydrogen (secondary N) is 3. The van der Waals surface area contributed by atoms with Gasteiger partial charge >= 0.3 is 0 Å². The molecule has 1 fully saturated rings. The fourth-order valence-corrected chi connectivity index (χ4v) is 3.30. The molecule has 5 heteroatoms. The van der Waals surface area contributed by atoms with Gasteiger partial charge in [0.25, 0.3) is 5.56 Å². The van der Waals surface area contributed by atoms with E-state index in [4.69, 9.17) is 0 Å². The maximum Gasteiger partial charge on any atom is 0.282 e. The molecule has 1 aliphatic rings. The molecule has 0 aliphatic carbocycles. The summed E-state index contributed by atoms with van der Waals surface area (Å²) in [6.45, 7) is 2.13. The Labute approximate surface area is 140 Å². The molecule has 4 rings (SSSR count). The molecule has 0 bridgehead atoms. The van der Waals surface area contributed by atoms with Crippen LogP contribution in [0.25, 0.3) is 10.9 Å². The van der Waals surface area contributed by atoms with E-state index in [0.717, 1.165) is 24.3 Å². The summed E-state index contributed by atoms with van der Waals surface area (Å²) in [5.41, 5.74) is 2.82. The maximum atomic E-state index is 12.1. The van der Waals surface area contributed by atoms with Crippen molar-refractivity contribution in [3.8, 4) is 0 Å². The summed E-state index contributed by atoms with van der Waals surface area (Å²) >= 11 is 0. The van der Waals surface area contributed by atoms with Gasteiger partial charge in [-0.1, -0.05) is 24.3 Å². The third-order valence-electron chi connectivity index (χ3n) is 4.54. The standard InChI is InChI=1S/C19H20N4O/c24-18-16-8-1-2-9-17(16)22-19(23-18)21-15-7-3-5-13(11-15)14-6-4-10-20-12-14/h1-3,5,7-9,11,14,20H,4,6,10,12H2,(H2,21,22,23,24). The van der Waals surface area contributed by atoms with Gasteiger partial charge in [0.05, 0.1) is 10.9 Å². The summed E-state index contributed by atoms with van der Waals surface area (Å²) in [4.78, 5) is 19.4. The molecule has 2 heterocycles. The first-order chi connectivity index (χ1) is 11.8. The van der Waals surface area contributed by atoms with E-state index in [2.05, 4.69) is 32.7 Å². The molecule has 5 nitrogen and oxygen atoms in total. The predicted octanol–water partition coefficient (Wildman–Crippen LogP) is 3.13. The molecule has 3 aromatic rings. The quantitative estimate of drug-likeness (QED) is 0.693. The first-order valence-electron chi connectivity index (χ1n) is 8.36. The molecule has 1 saturated heterocycles. The second-order valence-corrected chi connectivity index (χ2v) is 6.23. The van der Waals surface area contributed by atoms with Crippen LogP contribution in [-0.4, -0.2) is 23.1 Å². The fraction of sp³-hybridized carbons (Fsp3) is 0.263. The van der Waals surface area contributed by atoms with Gasteiger partial charge in [-0.3, -0.25) is 4.79 Å². The lowest BCUT2D eigenvalue weighted by Crippen LogP contribution is -2.28. The summed E-state index contributed by atoms with van der Waals surface area (Å²) < 4.78 is 0. The molecular formula is C19H20N4O. The number of rotatable bonds is 3. The number of benzene rings is 2. The summed E-state index contributed by atoms with van der Waals surface area (Å²) in [6.07, 6.45) is 2.42. The average Bonchev–Trinajstić information content (AvgIpc) is 2.63. The molecule has 24 heavy (non-hydrogen) atoms. The molecular weight excluding hydrogens is 300 g/mol. The van der Waals surface area contributed by atoms with E-state index in [1.807, 2.05) is 30.3 Å². The van der Waals surface area contributed by atoms with E-state index < -0.39 is 0 Å². The predicted molar refractivity (Wildman–Crippen MR) is 96.9 cm³/mol. The van der Waals surface area contributed by atoms with Crippen LogP contribution in [0, 0.1) is 0 Å². The van der Waals surface area contributed by atoms with Gasteiger partial charge in [-0.15, -0.1) is 0 Å². The van der Waals surface area contributed by atoms with Crippen molar-refractivity contribution in [3.05, 3.63) is 64.4 Å². The minimum absolute atomic E-state index is 0.223. The second kappa shape index (κ2) is 6.45. The van der Waals surface area contributed by atoms with Crippen LogP contribution in [0.5, 0.6) is 0 Å². The Balaban J connectivity index is 1.62. The molecule has 1 unspecified atom stereocenters. The zero-order valence-corrected chi connectivity index (χ0v) is 13.4. The highest BCUT2D eigenvalue weighted by molar-refractivity contribution is 5.78. The Hall–Kier alpha value is -2.66. The number of para-hydroxylation sites is 1. The van der Waals surface area contributed by atoms with Crippen LogP contribution < -0.4 is 16.2 Å². The Morgan fingerprint density at radius 2 is 2.04 bits per heavy atom. The summed E-state index contributed by atoms with van der Waals surface area (Å²) in [5.74, 6) is 1.02. The lowest BCUT2D eigenvalue weighted by Gasteiger charge is -2.23. The van der Waals surface area contributed by atoms with Crippen LogP contribution in [0.4, 0.5) is 11.6 Å². The van der Waals surface area contributed by atoms with Crippen LogP contribution in [0.1, 0.15) is 24.3 Å². The number of nitrogens with zero attached hydrogens (tertiary/aromatic N) is 1. The number of anilines is 2. The summed E-state index contributed by atoms with van der Waals surface area (Å²) in [6, 6.07) is 15.8. The van der Waals surface area contributed by atoms with Crippen LogP contribution in [-0.2, 0) is 0 Å². The Kier molecular flexibility index (Phi) is 4.01. The Bertz CT molecular complexity index is 912. The van der Waals surface area contributed by atoms with Crippen LogP contribution in [0.15, 0.2) is 53.3 Å². The summed E-state index contributed by atoms with van der Waals surface area (Å²) in [7, 11) is 0. The molecule has 3 N–H and O–H groups in total.